The summed E-state index contributed by atoms with van der Waals surface area (Å²) in [5.74, 6) is 0.841. The number of para-hydroxylation sites is 1. The highest BCUT2D eigenvalue weighted by molar-refractivity contribution is 6.30. The number of rotatable bonds is 3. The fourth-order valence-electron chi connectivity index (χ4n) is 5.36. The molecule has 2 heterocycles. The molecule has 3 aliphatic rings. The van der Waals surface area contributed by atoms with E-state index in [0.29, 0.717) is 23.7 Å². The first-order valence-electron chi connectivity index (χ1n) is 11.1. The number of anilines is 1. The molecule has 5 rings (SSSR count). The minimum absolute atomic E-state index is 0.0123. The normalized spacial score (nSPS) is 24.9. The molecule has 0 N–H and O–H groups in total. The molecule has 5 heteroatoms. The van der Waals surface area contributed by atoms with E-state index in [0.717, 1.165) is 36.7 Å². The second kappa shape index (κ2) is 8.33. The van der Waals surface area contributed by atoms with E-state index in [1.165, 1.54) is 32.2 Å². The minimum Gasteiger partial charge on any atom is -0.367 e. The zero-order chi connectivity index (χ0) is 20.6. The molecule has 1 aliphatic carbocycles. The molecule has 0 radical (unpaired) electrons. The third-order valence-corrected chi connectivity index (χ3v) is 7.24. The number of benzene rings is 2. The fraction of sp³-hybridized carbons (Fsp3) is 0.480. The lowest BCUT2D eigenvalue weighted by Crippen LogP contribution is -2.48. The summed E-state index contributed by atoms with van der Waals surface area (Å²) >= 11 is 6.04. The second-order valence-electron chi connectivity index (χ2n) is 9.13. The monoisotopic (exact) mass is 424 g/mol. The van der Waals surface area contributed by atoms with E-state index in [1.54, 1.807) is 12.1 Å². The molecule has 2 aromatic carbocycles. The summed E-state index contributed by atoms with van der Waals surface area (Å²) < 4.78 is 6.55. The van der Waals surface area contributed by atoms with Gasteiger partial charge in [-0.05, 0) is 55.5 Å². The Kier molecular flexibility index (Phi) is 5.57. The van der Waals surface area contributed by atoms with Gasteiger partial charge in [0, 0.05) is 41.5 Å². The van der Waals surface area contributed by atoms with Gasteiger partial charge in [0.1, 0.15) is 5.60 Å². The molecule has 1 atom stereocenters. The molecule has 2 fully saturated rings. The van der Waals surface area contributed by atoms with Crippen LogP contribution >= 0.6 is 11.6 Å². The Morgan fingerprint density at radius 1 is 1.07 bits per heavy atom. The summed E-state index contributed by atoms with van der Waals surface area (Å²) in [5.41, 5.74) is 2.39. The number of hydrogen-bond acceptors (Lipinski definition) is 3. The average Bonchev–Trinajstić information content (AvgIpc) is 3.38. The van der Waals surface area contributed by atoms with Crippen molar-refractivity contribution in [3.05, 3.63) is 64.7 Å². The number of halogens is 1. The lowest BCUT2D eigenvalue weighted by atomic mass is 10.0. The fourth-order valence-corrected chi connectivity index (χ4v) is 5.49. The van der Waals surface area contributed by atoms with Gasteiger partial charge in [-0.3, -0.25) is 4.79 Å². The molecule has 0 aromatic heterocycles. The van der Waals surface area contributed by atoms with Gasteiger partial charge in [-0.1, -0.05) is 42.6 Å². The van der Waals surface area contributed by atoms with Crippen molar-refractivity contribution in [3.8, 4) is 0 Å². The summed E-state index contributed by atoms with van der Waals surface area (Å²) in [6.07, 6.45) is 6.43. The van der Waals surface area contributed by atoms with E-state index in [2.05, 4.69) is 11.0 Å². The van der Waals surface area contributed by atoms with E-state index in [-0.39, 0.29) is 11.5 Å². The molecule has 1 spiro atoms. The topological polar surface area (TPSA) is 32.8 Å². The van der Waals surface area contributed by atoms with Gasteiger partial charge in [0.05, 0.1) is 13.2 Å². The van der Waals surface area contributed by atoms with Crippen LogP contribution in [0.1, 0.15) is 48.0 Å². The highest BCUT2D eigenvalue weighted by Gasteiger charge is 2.44. The van der Waals surface area contributed by atoms with Crippen molar-refractivity contribution < 1.29 is 9.53 Å². The highest BCUT2D eigenvalue weighted by atomic mass is 35.5. The van der Waals surface area contributed by atoms with Gasteiger partial charge in [-0.25, -0.2) is 0 Å². The number of likely N-dealkylation sites (tertiary alicyclic amines) is 1. The summed E-state index contributed by atoms with van der Waals surface area (Å²) in [7, 11) is 0. The summed E-state index contributed by atoms with van der Waals surface area (Å²) in [5, 5.41) is 0.640. The quantitative estimate of drug-likeness (QED) is 0.682. The summed E-state index contributed by atoms with van der Waals surface area (Å²) in [4.78, 5) is 18.0. The molecule has 1 saturated carbocycles. The lowest BCUT2D eigenvalue weighted by Gasteiger charge is -2.33. The van der Waals surface area contributed by atoms with Crippen molar-refractivity contribution in [1.82, 2.24) is 4.90 Å². The molecular formula is C25H29ClN2O2. The Morgan fingerprint density at radius 2 is 1.83 bits per heavy atom. The van der Waals surface area contributed by atoms with Crippen LogP contribution < -0.4 is 4.90 Å². The summed E-state index contributed by atoms with van der Waals surface area (Å²) in [6, 6.07) is 15.3. The standard InChI is InChI=1S/C25H29ClN2O2/c26-22-11-9-20(10-12-22)24(29)28-18-25(30-16-21-7-3-4-8-23(21)28)13-14-27(17-25)15-19-5-1-2-6-19/h3-4,7-12,19H,1-2,5-6,13-18H2. The van der Waals surface area contributed by atoms with Gasteiger partial charge >= 0.3 is 0 Å². The zero-order valence-corrected chi connectivity index (χ0v) is 18.1. The molecule has 4 nitrogen and oxygen atoms in total. The van der Waals surface area contributed by atoms with Crippen LogP contribution in [0.15, 0.2) is 48.5 Å². The van der Waals surface area contributed by atoms with E-state index >= 15 is 0 Å². The van der Waals surface area contributed by atoms with Crippen LogP contribution in [0.4, 0.5) is 5.69 Å². The van der Waals surface area contributed by atoms with Crippen molar-refractivity contribution in [2.75, 3.05) is 31.1 Å². The van der Waals surface area contributed by atoms with Gasteiger partial charge in [0.2, 0.25) is 0 Å². The van der Waals surface area contributed by atoms with Crippen LogP contribution in [0, 0.1) is 5.92 Å². The maximum atomic E-state index is 13.5. The van der Waals surface area contributed by atoms with Gasteiger partial charge in [0.15, 0.2) is 0 Å². The van der Waals surface area contributed by atoms with Crippen LogP contribution in [0.2, 0.25) is 5.02 Å². The molecule has 2 aliphatic heterocycles. The number of hydrogen-bond donors (Lipinski definition) is 0. The van der Waals surface area contributed by atoms with E-state index < -0.39 is 0 Å². The van der Waals surface area contributed by atoms with Crippen molar-refractivity contribution in [3.63, 3.8) is 0 Å². The molecule has 1 unspecified atom stereocenters. The number of nitrogens with zero attached hydrogens (tertiary/aromatic N) is 2. The van der Waals surface area contributed by atoms with E-state index in [1.807, 2.05) is 35.2 Å². The molecule has 30 heavy (non-hydrogen) atoms. The van der Waals surface area contributed by atoms with Crippen molar-refractivity contribution in [2.45, 2.75) is 44.3 Å². The number of fused-ring (bicyclic) bond motifs is 1. The molecule has 1 saturated heterocycles. The second-order valence-corrected chi connectivity index (χ2v) is 9.57. The van der Waals surface area contributed by atoms with Crippen molar-refractivity contribution in [2.24, 2.45) is 5.92 Å². The highest BCUT2D eigenvalue weighted by Crippen LogP contribution is 2.37. The van der Waals surface area contributed by atoms with Gasteiger partial charge in [-0.2, -0.15) is 0 Å². The molecule has 1 amide bonds. The SMILES string of the molecule is O=C(c1ccc(Cl)cc1)N1CC2(CCN(CC3CCCC3)C2)OCc2ccccc21. The van der Waals surface area contributed by atoms with Crippen LogP contribution in [-0.4, -0.2) is 42.6 Å². The van der Waals surface area contributed by atoms with Crippen LogP contribution in [0.5, 0.6) is 0 Å². The smallest absolute Gasteiger partial charge is 0.258 e. The van der Waals surface area contributed by atoms with Crippen LogP contribution in [0.25, 0.3) is 0 Å². The lowest BCUT2D eigenvalue weighted by molar-refractivity contribution is -0.0390. The Bertz CT molecular complexity index is 910. The number of carbonyl (C=O) groups excluding carboxylic acids is 1. The predicted molar refractivity (Wildman–Crippen MR) is 120 cm³/mol. The first kappa shape index (κ1) is 20.0. The largest absolute Gasteiger partial charge is 0.367 e. The van der Waals surface area contributed by atoms with Gasteiger partial charge in [0.25, 0.3) is 5.91 Å². The molecule has 0 bridgehead atoms. The van der Waals surface area contributed by atoms with E-state index in [4.69, 9.17) is 16.3 Å². The Morgan fingerprint density at radius 3 is 2.63 bits per heavy atom. The third-order valence-electron chi connectivity index (χ3n) is 6.99. The number of carbonyl (C=O) groups is 1. The number of amides is 1. The van der Waals surface area contributed by atoms with Crippen molar-refractivity contribution >= 4 is 23.2 Å². The molecular weight excluding hydrogens is 396 g/mol. The third kappa shape index (κ3) is 4.01. The van der Waals surface area contributed by atoms with Crippen LogP contribution in [-0.2, 0) is 11.3 Å². The first-order valence-corrected chi connectivity index (χ1v) is 11.5. The Balaban J connectivity index is 1.41. The van der Waals surface area contributed by atoms with Crippen molar-refractivity contribution in [1.29, 1.82) is 0 Å². The zero-order valence-electron chi connectivity index (χ0n) is 17.4. The van der Waals surface area contributed by atoms with E-state index in [9.17, 15) is 4.79 Å². The Labute approximate surface area is 183 Å². The first-order chi connectivity index (χ1) is 14.6. The average molecular weight is 425 g/mol. The van der Waals surface area contributed by atoms with Gasteiger partial charge < -0.3 is 14.5 Å². The maximum absolute atomic E-state index is 13.5. The Hall–Kier alpha value is -1.88. The van der Waals surface area contributed by atoms with Gasteiger partial charge in [-0.15, -0.1) is 0 Å². The predicted octanol–water partition coefficient (Wildman–Crippen LogP) is 5.15. The van der Waals surface area contributed by atoms with Crippen LogP contribution in [0.3, 0.4) is 0 Å². The molecule has 2 aromatic rings. The minimum atomic E-state index is -0.306. The summed E-state index contributed by atoms with van der Waals surface area (Å²) in [6.45, 7) is 4.27. The maximum Gasteiger partial charge on any atom is 0.258 e. The molecule has 158 valence electrons. The number of ether oxygens (including phenoxy) is 1.